The van der Waals surface area contributed by atoms with Gasteiger partial charge in [0.15, 0.2) is 0 Å². The monoisotopic (exact) mass is 312 g/mol. The molecule has 1 aromatic rings. The number of nitrogens with one attached hydrogen (secondary N) is 2. The molecular formula is C14H20N2O4S. The van der Waals surface area contributed by atoms with Gasteiger partial charge in [-0.2, -0.15) is 0 Å². The van der Waals surface area contributed by atoms with Crippen molar-refractivity contribution in [2.24, 2.45) is 5.41 Å². The first-order valence-electron chi connectivity index (χ1n) is 6.86. The summed E-state index contributed by atoms with van der Waals surface area (Å²) in [5, 5.41) is 2.77. The molecule has 0 unspecified atom stereocenters. The molecule has 6 nitrogen and oxygen atoms in total. The summed E-state index contributed by atoms with van der Waals surface area (Å²) < 4.78 is 31.4. The van der Waals surface area contributed by atoms with Gasteiger partial charge in [0.1, 0.15) is 0 Å². The number of ether oxygens (including phenoxy) is 1. The number of sulfonamides is 1. The summed E-state index contributed by atoms with van der Waals surface area (Å²) in [6, 6.07) is 6.13. The second-order valence-corrected chi connectivity index (χ2v) is 7.20. The van der Waals surface area contributed by atoms with E-state index in [1.807, 2.05) is 13.8 Å². The zero-order chi connectivity index (χ0) is 15.5. The van der Waals surface area contributed by atoms with Crippen LogP contribution in [0.4, 0.5) is 5.69 Å². The van der Waals surface area contributed by atoms with Crippen molar-refractivity contribution in [3.63, 3.8) is 0 Å². The number of anilines is 1. The van der Waals surface area contributed by atoms with Gasteiger partial charge >= 0.3 is 0 Å². The smallest absolute Gasteiger partial charge is 0.240 e. The maximum atomic E-state index is 12.0. The minimum Gasteiger partial charge on any atom is -0.379 e. The molecule has 1 aromatic carbocycles. The molecule has 0 spiro atoms. The maximum Gasteiger partial charge on any atom is 0.240 e. The van der Waals surface area contributed by atoms with Gasteiger partial charge in [-0.3, -0.25) is 4.79 Å². The third kappa shape index (κ3) is 3.61. The van der Waals surface area contributed by atoms with E-state index in [0.717, 1.165) is 6.42 Å². The standard InChI is InChI=1S/C14H20N2O4S/c1-3-8-15-21(18,19)12-6-4-11(5-7-12)16-13(17)14(2)9-20-10-14/h4-7,15H,3,8-10H2,1-2H3,(H,16,17). The Balaban J connectivity index is 2.04. The predicted molar refractivity (Wildman–Crippen MR) is 79.5 cm³/mol. The first-order chi connectivity index (χ1) is 9.87. The quantitative estimate of drug-likeness (QED) is 0.830. The Morgan fingerprint density at radius 1 is 1.29 bits per heavy atom. The molecule has 0 aromatic heterocycles. The molecule has 0 radical (unpaired) electrons. The maximum absolute atomic E-state index is 12.0. The highest BCUT2D eigenvalue weighted by Gasteiger charge is 2.41. The van der Waals surface area contributed by atoms with Crippen LogP contribution >= 0.6 is 0 Å². The van der Waals surface area contributed by atoms with Crippen LogP contribution in [0.5, 0.6) is 0 Å². The Labute approximate surface area is 124 Å². The molecule has 0 bridgehead atoms. The van der Waals surface area contributed by atoms with E-state index in [0.29, 0.717) is 25.4 Å². The SMILES string of the molecule is CCCNS(=O)(=O)c1ccc(NC(=O)C2(C)COC2)cc1. The molecule has 0 atom stereocenters. The molecule has 116 valence electrons. The fourth-order valence-corrected chi connectivity index (χ4v) is 2.99. The van der Waals surface area contributed by atoms with Crippen LogP contribution in [0.1, 0.15) is 20.3 Å². The van der Waals surface area contributed by atoms with Crippen molar-refractivity contribution in [2.75, 3.05) is 25.1 Å². The summed E-state index contributed by atoms with van der Waals surface area (Å²) in [5.41, 5.74) is 0.0792. The predicted octanol–water partition coefficient (Wildman–Crippen LogP) is 1.35. The van der Waals surface area contributed by atoms with Crippen LogP contribution in [-0.4, -0.2) is 34.1 Å². The topological polar surface area (TPSA) is 84.5 Å². The van der Waals surface area contributed by atoms with Gasteiger partial charge in [0.2, 0.25) is 15.9 Å². The van der Waals surface area contributed by atoms with E-state index >= 15 is 0 Å². The Morgan fingerprint density at radius 2 is 1.90 bits per heavy atom. The number of carbonyl (C=O) groups excluding carboxylic acids is 1. The van der Waals surface area contributed by atoms with Gasteiger partial charge in [-0.25, -0.2) is 13.1 Å². The van der Waals surface area contributed by atoms with E-state index in [1.165, 1.54) is 12.1 Å². The third-order valence-corrected chi connectivity index (χ3v) is 4.83. The van der Waals surface area contributed by atoms with Crippen LogP contribution in [0.2, 0.25) is 0 Å². The molecule has 1 fully saturated rings. The fraction of sp³-hybridized carbons (Fsp3) is 0.500. The van der Waals surface area contributed by atoms with Gasteiger partial charge in [-0.1, -0.05) is 6.92 Å². The second-order valence-electron chi connectivity index (χ2n) is 5.43. The normalized spacial score (nSPS) is 17.0. The van der Waals surface area contributed by atoms with E-state index in [9.17, 15) is 13.2 Å². The van der Waals surface area contributed by atoms with Gasteiger partial charge in [0.25, 0.3) is 0 Å². The lowest BCUT2D eigenvalue weighted by Gasteiger charge is -2.36. The average molecular weight is 312 g/mol. The van der Waals surface area contributed by atoms with E-state index in [-0.39, 0.29) is 10.8 Å². The van der Waals surface area contributed by atoms with Gasteiger partial charge in [-0.15, -0.1) is 0 Å². The summed E-state index contributed by atoms with van der Waals surface area (Å²) in [6.45, 7) is 4.95. The number of benzene rings is 1. The Morgan fingerprint density at radius 3 is 2.38 bits per heavy atom. The molecule has 1 aliphatic heterocycles. The molecule has 7 heteroatoms. The van der Waals surface area contributed by atoms with Crippen molar-refractivity contribution in [3.8, 4) is 0 Å². The van der Waals surface area contributed by atoms with Crippen molar-refractivity contribution in [1.29, 1.82) is 0 Å². The average Bonchev–Trinajstić information content (AvgIpc) is 2.43. The Kier molecular flexibility index (Phi) is 4.65. The van der Waals surface area contributed by atoms with E-state index in [2.05, 4.69) is 10.0 Å². The van der Waals surface area contributed by atoms with Crippen LogP contribution in [-0.2, 0) is 19.6 Å². The molecule has 2 N–H and O–H groups in total. The van der Waals surface area contributed by atoms with Gasteiger partial charge < -0.3 is 10.1 Å². The highest BCUT2D eigenvalue weighted by molar-refractivity contribution is 7.89. The van der Waals surface area contributed by atoms with E-state index in [1.54, 1.807) is 12.1 Å². The van der Waals surface area contributed by atoms with Crippen molar-refractivity contribution in [2.45, 2.75) is 25.2 Å². The van der Waals surface area contributed by atoms with Gasteiger partial charge in [0, 0.05) is 12.2 Å². The number of carbonyl (C=O) groups is 1. The number of amides is 1. The van der Waals surface area contributed by atoms with Crippen molar-refractivity contribution in [3.05, 3.63) is 24.3 Å². The molecule has 1 heterocycles. The highest BCUT2D eigenvalue weighted by Crippen LogP contribution is 2.28. The van der Waals surface area contributed by atoms with Gasteiger partial charge in [0.05, 0.1) is 23.5 Å². The van der Waals surface area contributed by atoms with Gasteiger partial charge in [-0.05, 0) is 37.6 Å². The van der Waals surface area contributed by atoms with E-state index < -0.39 is 15.4 Å². The Bertz CT molecular complexity index is 606. The largest absolute Gasteiger partial charge is 0.379 e. The minimum atomic E-state index is -3.47. The van der Waals surface area contributed by atoms with Crippen molar-refractivity contribution < 1.29 is 17.9 Å². The summed E-state index contributed by atoms with van der Waals surface area (Å²) in [6.07, 6.45) is 0.730. The second kappa shape index (κ2) is 6.13. The van der Waals surface area contributed by atoms with Crippen LogP contribution in [0.25, 0.3) is 0 Å². The van der Waals surface area contributed by atoms with E-state index in [4.69, 9.17) is 4.74 Å². The summed E-state index contributed by atoms with van der Waals surface area (Å²) in [7, 11) is -3.47. The van der Waals surface area contributed by atoms with Crippen LogP contribution in [0.15, 0.2) is 29.2 Å². The summed E-state index contributed by atoms with van der Waals surface area (Å²) in [4.78, 5) is 12.2. The molecule has 0 aliphatic carbocycles. The lowest BCUT2D eigenvalue weighted by Crippen LogP contribution is -2.49. The summed E-state index contributed by atoms with van der Waals surface area (Å²) in [5.74, 6) is -0.117. The van der Waals surface area contributed by atoms with Crippen molar-refractivity contribution in [1.82, 2.24) is 4.72 Å². The zero-order valence-corrected chi connectivity index (χ0v) is 13.0. The lowest BCUT2D eigenvalue weighted by atomic mass is 9.87. The molecule has 1 saturated heterocycles. The Hall–Kier alpha value is -1.44. The molecule has 0 saturated carbocycles. The lowest BCUT2D eigenvalue weighted by molar-refractivity contribution is -0.151. The number of rotatable bonds is 6. The molecule has 2 rings (SSSR count). The number of hydrogen-bond acceptors (Lipinski definition) is 4. The first-order valence-corrected chi connectivity index (χ1v) is 8.35. The van der Waals surface area contributed by atoms with Crippen LogP contribution in [0, 0.1) is 5.41 Å². The summed E-state index contributed by atoms with van der Waals surface area (Å²) >= 11 is 0. The fourth-order valence-electron chi connectivity index (χ4n) is 1.86. The minimum absolute atomic E-state index is 0.117. The molecular weight excluding hydrogens is 292 g/mol. The molecule has 1 amide bonds. The molecule has 1 aliphatic rings. The van der Waals surface area contributed by atoms with Crippen LogP contribution < -0.4 is 10.0 Å². The molecule has 21 heavy (non-hydrogen) atoms. The first kappa shape index (κ1) is 15.9. The van der Waals surface area contributed by atoms with Crippen molar-refractivity contribution >= 4 is 21.6 Å². The third-order valence-electron chi connectivity index (χ3n) is 3.35. The van der Waals surface area contributed by atoms with Crippen LogP contribution in [0.3, 0.4) is 0 Å². The number of hydrogen-bond donors (Lipinski definition) is 2. The zero-order valence-electron chi connectivity index (χ0n) is 12.2. The highest BCUT2D eigenvalue weighted by atomic mass is 32.2.